The van der Waals surface area contributed by atoms with Gasteiger partial charge in [0.05, 0.1) is 18.6 Å². The van der Waals surface area contributed by atoms with Gasteiger partial charge in [0.1, 0.15) is 0 Å². The minimum Gasteiger partial charge on any atom is -0.472 e. The Labute approximate surface area is 117 Å². The van der Waals surface area contributed by atoms with Gasteiger partial charge in [0.15, 0.2) is 0 Å². The molecule has 0 bridgehead atoms. The van der Waals surface area contributed by atoms with E-state index in [2.05, 4.69) is 37.1 Å². The number of nitrogens with one attached hydrogen (secondary N) is 1. The summed E-state index contributed by atoms with van der Waals surface area (Å²) in [5, 5.41) is 3.74. The van der Waals surface area contributed by atoms with Crippen molar-refractivity contribution in [2.75, 3.05) is 19.6 Å². The minimum atomic E-state index is 0.176. The van der Waals surface area contributed by atoms with Crippen LogP contribution in [0.25, 0.3) is 0 Å². The maximum absolute atomic E-state index is 5.32. The lowest BCUT2D eigenvalue weighted by atomic mass is 9.84. The van der Waals surface area contributed by atoms with Crippen molar-refractivity contribution in [3.05, 3.63) is 24.2 Å². The van der Waals surface area contributed by atoms with E-state index in [9.17, 15) is 0 Å². The predicted octanol–water partition coefficient (Wildman–Crippen LogP) is 3.58. The molecule has 2 heterocycles. The van der Waals surface area contributed by atoms with Gasteiger partial charge in [-0.3, -0.25) is 4.90 Å². The van der Waals surface area contributed by atoms with Gasteiger partial charge in [0, 0.05) is 11.1 Å². The molecule has 108 valence electrons. The van der Waals surface area contributed by atoms with E-state index < -0.39 is 0 Å². The average molecular weight is 264 g/mol. The summed E-state index contributed by atoms with van der Waals surface area (Å²) in [7, 11) is 0. The zero-order valence-corrected chi connectivity index (χ0v) is 12.6. The zero-order valence-electron chi connectivity index (χ0n) is 12.6. The first kappa shape index (κ1) is 14.6. The van der Waals surface area contributed by atoms with Crippen LogP contribution in [0.1, 0.15) is 58.1 Å². The van der Waals surface area contributed by atoms with E-state index in [0.29, 0.717) is 6.04 Å². The van der Waals surface area contributed by atoms with Gasteiger partial charge in [-0.05, 0) is 58.3 Å². The summed E-state index contributed by atoms with van der Waals surface area (Å²) >= 11 is 0. The van der Waals surface area contributed by atoms with Gasteiger partial charge in [-0.25, -0.2) is 0 Å². The molecule has 19 heavy (non-hydrogen) atoms. The van der Waals surface area contributed by atoms with Crippen LogP contribution in [0.15, 0.2) is 23.0 Å². The van der Waals surface area contributed by atoms with Crippen molar-refractivity contribution < 1.29 is 4.42 Å². The molecule has 2 unspecified atom stereocenters. The van der Waals surface area contributed by atoms with E-state index >= 15 is 0 Å². The minimum absolute atomic E-state index is 0.176. The zero-order chi connectivity index (χ0) is 13.7. The molecule has 1 aromatic rings. The lowest BCUT2D eigenvalue weighted by molar-refractivity contribution is 0.0837. The van der Waals surface area contributed by atoms with Gasteiger partial charge in [-0.1, -0.05) is 13.8 Å². The van der Waals surface area contributed by atoms with E-state index in [0.717, 1.165) is 19.4 Å². The smallest absolute Gasteiger partial charge is 0.0951 e. The maximum atomic E-state index is 5.32. The number of nitrogens with zero attached hydrogens (tertiary/aromatic N) is 1. The molecule has 1 aromatic heterocycles. The number of hydrogen-bond acceptors (Lipinski definition) is 3. The van der Waals surface area contributed by atoms with Crippen molar-refractivity contribution in [3.8, 4) is 0 Å². The highest BCUT2D eigenvalue weighted by atomic mass is 16.3. The lowest BCUT2D eigenvalue weighted by Crippen LogP contribution is -2.53. The van der Waals surface area contributed by atoms with E-state index in [1.165, 1.54) is 31.5 Å². The molecule has 1 saturated heterocycles. The molecule has 2 rings (SSSR count). The third-order valence-electron chi connectivity index (χ3n) is 4.64. The first-order chi connectivity index (χ1) is 9.22. The van der Waals surface area contributed by atoms with Crippen molar-refractivity contribution >= 4 is 0 Å². The molecule has 3 heteroatoms. The van der Waals surface area contributed by atoms with Crippen LogP contribution < -0.4 is 5.32 Å². The first-order valence-electron chi connectivity index (χ1n) is 7.73. The second-order valence-electron chi connectivity index (χ2n) is 5.85. The third-order valence-corrected chi connectivity index (χ3v) is 4.64. The molecule has 0 saturated carbocycles. The molecule has 1 aliphatic rings. The normalized spacial score (nSPS) is 21.4. The van der Waals surface area contributed by atoms with Gasteiger partial charge < -0.3 is 9.73 Å². The summed E-state index contributed by atoms with van der Waals surface area (Å²) in [6.07, 6.45) is 8.67. The van der Waals surface area contributed by atoms with Crippen molar-refractivity contribution in [1.82, 2.24) is 10.2 Å². The Morgan fingerprint density at radius 2 is 2.11 bits per heavy atom. The maximum Gasteiger partial charge on any atom is 0.0951 e. The molecule has 1 aliphatic heterocycles. The van der Waals surface area contributed by atoms with Crippen LogP contribution in [-0.4, -0.2) is 30.1 Å². The highest BCUT2D eigenvalue weighted by Gasteiger charge is 2.40. The standard InChI is InChI=1S/C16H28N2O/c1-4-9-17-15(14-8-12-19-13-14)16(3,5-2)18-10-6-7-11-18/h8,12-13,15,17H,4-7,9-11H2,1-3H3. The van der Waals surface area contributed by atoms with Crippen LogP contribution in [0.5, 0.6) is 0 Å². The van der Waals surface area contributed by atoms with Gasteiger partial charge in [-0.15, -0.1) is 0 Å². The van der Waals surface area contributed by atoms with E-state index in [-0.39, 0.29) is 5.54 Å². The van der Waals surface area contributed by atoms with Crippen LogP contribution in [0.2, 0.25) is 0 Å². The highest BCUT2D eigenvalue weighted by Crippen LogP contribution is 2.36. The van der Waals surface area contributed by atoms with Crippen LogP contribution >= 0.6 is 0 Å². The Kier molecular flexibility index (Phi) is 5.06. The Morgan fingerprint density at radius 3 is 2.63 bits per heavy atom. The summed E-state index contributed by atoms with van der Waals surface area (Å²) in [4.78, 5) is 2.66. The summed E-state index contributed by atoms with van der Waals surface area (Å²) < 4.78 is 5.32. The average Bonchev–Trinajstić information content (AvgIpc) is 3.11. The fourth-order valence-corrected chi connectivity index (χ4v) is 3.26. The summed E-state index contributed by atoms with van der Waals surface area (Å²) in [5.41, 5.74) is 1.46. The van der Waals surface area contributed by atoms with Crippen molar-refractivity contribution in [1.29, 1.82) is 0 Å². The second kappa shape index (κ2) is 6.58. The molecular weight excluding hydrogens is 236 g/mol. The molecule has 3 nitrogen and oxygen atoms in total. The molecule has 0 aromatic carbocycles. The first-order valence-corrected chi connectivity index (χ1v) is 7.73. The van der Waals surface area contributed by atoms with Gasteiger partial charge in [0.2, 0.25) is 0 Å². The monoisotopic (exact) mass is 264 g/mol. The Morgan fingerprint density at radius 1 is 1.37 bits per heavy atom. The number of rotatable bonds is 7. The molecular formula is C16H28N2O. The second-order valence-corrected chi connectivity index (χ2v) is 5.85. The predicted molar refractivity (Wildman–Crippen MR) is 79.2 cm³/mol. The van der Waals surface area contributed by atoms with Crippen LogP contribution in [0.4, 0.5) is 0 Å². The molecule has 0 amide bonds. The highest BCUT2D eigenvalue weighted by molar-refractivity contribution is 5.18. The Hall–Kier alpha value is -0.800. The van der Waals surface area contributed by atoms with E-state index in [1.54, 1.807) is 6.26 Å². The molecule has 0 spiro atoms. The quantitative estimate of drug-likeness (QED) is 0.816. The van der Waals surface area contributed by atoms with E-state index in [4.69, 9.17) is 4.42 Å². The van der Waals surface area contributed by atoms with Crippen LogP contribution in [-0.2, 0) is 0 Å². The number of furan rings is 1. The Balaban J connectivity index is 2.22. The lowest BCUT2D eigenvalue weighted by Gasteiger charge is -2.44. The third kappa shape index (κ3) is 3.03. The SMILES string of the molecule is CCCNC(c1ccoc1)C(C)(CC)N1CCCC1. The van der Waals surface area contributed by atoms with Gasteiger partial charge in [-0.2, -0.15) is 0 Å². The van der Waals surface area contributed by atoms with Gasteiger partial charge in [0.25, 0.3) is 0 Å². The topological polar surface area (TPSA) is 28.4 Å². The van der Waals surface area contributed by atoms with E-state index in [1.807, 2.05) is 6.26 Å². The Bertz CT molecular complexity index is 357. The van der Waals surface area contributed by atoms with Crippen LogP contribution in [0, 0.1) is 0 Å². The molecule has 1 N–H and O–H groups in total. The molecule has 1 fully saturated rings. The summed E-state index contributed by atoms with van der Waals surface area (Å²) in [6, 6.07) is 2.46. The fraction of sp³-hybridized carbons (Fsp3) is 0.750. The fourth-order valence-electron chi connectivity index (χ4n) is 3.26. The summed E-state index contributed by atoms with van der Waals surface area (Å²) in [6.45, 7) is 10.4. The largest absolute Gasteiger partial charge is 0.472 e. The van der Waals surface area contributed by atoms with Gasteiger partial charge >= 0.3 is 0 Å². The van der Waals surface area contributed by atoms with Crippen molar-refractivity contribution in [3.63, 3.8) is 0 Å². The summed E-state index contributed by atoms with van der Waals surface area (Å²) in [5.74, 6) is 0. The number of likely N-dealkylation sites (tertiary alicyclic amines) is 1. The van der Waals surface area contributed by atoms with Crippen molar-refractivity contribution in [2.24, 2.45) is 0 Å². The van der Waals surface area contributed by atoms with Crippen molar-refractivity contribution in [2.45, 2.75) is 58.0 Å². The molecule has 0 aliphatic carbocycles. The molecule has 2 atom stereocenters. The van der Waals surface area contributed by atoms with Crippen LogP contribution in [0.3, 0.4) is 0 Å². The molecule has 0 radical (unpaired) electrons. The number of hydrogen-bond donors (Lipinski definition) is 1.